The Balaban J connectivity index is 2.34. The Kier molecular flexibility index (Phi) is 3.13. The highest BCUT2D eigenvalue weighted by atomic mass is 127. The van der Waals surface area contributed by atoms with Gasteiger partial charge in [0.25, 0.3) is 5.69 Å². The number of hydrogen-bond acceptors (Lipinski definition) is 3. The molecule has 0 saturated heterocycles. The number of fused-ring (bicyclic) bond motifs is 1. The van der Waals surface area contributed by atoms with Gasteiger partial charge in [0.05, 0.1) is 19.5 Å². The van der Waals surface area contributed by atoms with Crippen LogP contribution in [0.5, 0.6) is 0 Å². The van der Waals surface area contributed by atoms with E-state index < -0.39 is 10.7 Å². The van der Waals surface area contributed by atoms with Gasteiger partial charge in [0.1, 0.15) is 17.8 Å². The van der Waals surface area contributed by atoms with Gasteiger partial charge >= 0.3 is 0 Å². The molecule has 20 heavy (non-hydrogen) atoms. The summed E-state index contributed by atoms with van der Waals surface area (Å²) in [6.45, 7) is 0. The lowest BCUT2D eigenvalue weighted by molar-refractivity contribution is -0.384. The molecule has 0 atom stereocenters. The smallest absolute Gasteiger partial charge is 0.292 e. The molecule has 0 N–H and O–H groups in total. The molecule has 2 aromatic carbocycles. The zero-order valence-electron chi connectivity index (χ0n) is 9.96. The molecule has 0 unspecified atom stereocenters. The minimum atomic E-state index is -0.522. The maximum absolute atomic E-state index is 13.8. The second-order valence-corrected chi connectivity index (χ2v) is 5.28. The average Bonchev–Trinajstić information content (AvgIpc) is 2.85. The van der Waals surface area contributed by atoms with Crippen LogP contribution in [0.3, 0.4) is 0 Å². The first-order valence-corrected chi connectivity index (χ1v) is 6.71. The van der Waals surface area contributed by atoms with Crippen molar-refractivity contribution in [1.29, 1.82) is 0 Å². The molecule has 0 aliphatic heterocycles. The van der Waals surface area contributed by atoms with Crippen LogP contribution in [-0.4, -0.2) is 14.5 Å². The lowest BCUT2D eigenvalue weighted by Crippen LogP contribution is -2.01. The van der Waals surface area contributed by atoms with Crippen molar-refractivity contribution in [3.63, 3.8) is 0 Å². The quantitative estimate of drug-likeness (QED) is 0.386. The molecule has 0 amide bonds. The van der Waals surface area contributed by atoms with Crippen LogP contribution in [0.2, 0.25) is 0 Å². The molecule has 3 aromatic rings. The Morgan fingerprint density at radius 2 is 2.05 bits per heavy atom. The number of nitro benzene ring substituents is 1. The van der Waals surface area contributed by atoms with Gasteiger partial charge < -0.3 is 0 Å². The van der Waals surface area contributed by atoms with Crippen molar-refractivity contribution in [2.24, 2.45) is 0 Å². The molecule has 0 spiro atoms. The van der Waals surface area contributed by atoms with Gasteiger partial charge in [-0.2, -0.15) is 0 Å². The van der Waals surface area contributed by atoms with E-state index in [1.807, 2.05) is 6.07 Å². The maximum atomic E-state index is 13.8. The van der Waals surface area contributed by atoms with Gasteiger partial charge in [-0.15, -0.1) is 0 Å². The number of para-hydroxylation sites is 2. The topological polar surface area (TPSA) is 61.0 Å². The van der Waals surface area contributed by atoms with E-state index >= 15 is 0 Å². The number of nitrogens with zero attached hydrogens (tertiary/aromatic N) is 3. The molecule has 7 heteroatoms. The first-order valence-electron chi connectivity index (χ1n) is 5.64. The van der Waals surface area contributed by atoms with E-state index in [1.165, 1.54) is 17.0 Å². The fourth-order valence-corrected chi connectivity index (χ4v) is 2.47. The van der Waals surface area contributed by atoms with Crippen molar-refractivity contribution in [1.82, 2.24) is 9.55 Å². The number of hydrogen-bond donors (Lipinski definition) is 0. The number of imidazole rings is 1. The van der Waals surface area contributed by atoms with Gasteiger partial charge in [-0.25, -0.2) is 9.37 Å². The number of benzene rings is 2. The highest BCUT2D eigenvalue weighted by Crippen LogP contribution is 2.29. The Bertz CT molecular complexity index is 832. The molecule has 0 fully saturated rings. The van der Waals surface area contributed by atoms with Crippen molar-refractivity contribution in [3.05, 3.63) is 62.2 Å². The molecular formula is C13H7FIN3O2. The van der Waals surface area contributed by atoms with Crippen LogP contribution in [0.15, 0.2) is 42.7 Å². The van der Waals surface area contributed by atoms with Gasteiger partial charge in [-0.3, -0.25) is 14.7 Å². The Morgan fingerprint density at radius 3 is 2.80 bits per heavy atom. The van der Waals surface area contributed by atoms with Gasteiger partial charge in [0, 0.05) is 12.1 Å². The van der Waals surface area contributed by atoms with Crippen molar-refractivity contribution in [2.75, 3.05) is 0 Å². The largest absolute Gasteiger partial charge is 0.294 e. The first kappa shape index (κ1) is 13.0. The summed E-state index contributed by atoms with van der Waals surface area (Å²) in [7, 11) is 0. The Morgan fingerprint density at radius 1 is 1.30 bits per heavy atom. The number of nitro groups is 1. The van der Waals surface area contributed by atoms with Crippen LogP contribution in [0.1, 0.15) is 0 Å². The summed E-state index contributed by atoms with van der Waals surface area (Å²) >= 11 is 1.73. The second-order valence-electron chi connectivity index (χ2n) is 4.12. The van der Waals surface area contributed by atoms with E-state index in [1.54, 1.807) is 40.8 Å². The molecular weight excluding hydrogens is 376 g/mol. The molecule has 0 radical (unpaired) electrons. The summed E-state index contributed by atoms with van der Waals surface area (Å²) in [5.41, 5.74) is 1.40. The lowest BCUT2D eigenvalue weighted by Gasteiger charge is -2.06. The first-order chi connectivity index (χ1) is 9.58. The predicted molar refractivity (Wildman–Crippen MR) is 80.4 cm³/mol. The number of halogens is 2. The molecule has 0 saturated carbocycles. The third kappa shape index (κ3) is 2.03. The lowest BCUT2D eigenvalue weighted by atomic mass is 10.2. The predicted octanol–water partition coefficient (Wildman–Crippen LogP) is 3.68. The summed E-state index contributed by atoms with van der Waals surface area (Å²) in [5, 5.41) is 11.2. The molecule has 3 rings (SSSR count). The fourth-order valence-electron chi connectivity index (χ4n) is 2.02. The molecule has 100 valence electrons. The summed E-state index contributed by atoms with van der Waals surface area (Å²) < 4.78 is 15.5. The molecule has 5 nitrogen and oxygen atoms in total. The van der Waals surface area contributed by atoms with E-state index in [4.69, 9.17) is 0 Å². The van der Waals surface area contributed by atoms with Crippen molar-refractivity contribution in [3.8, 4) is 5.69 Å². The highest BCUT2D eigenvalue weighted by Gasteiger charge is 2.20. The Labute approximate surface area is 126 Å². The molecule has 1 aromatic heterocycles. The van der Waals surface area contributed by atoms with Crippen molar-refractivity contribution < 1.29 is 9.31 Å². The average molecular weight is 383 g/mol. The second kappa shape index (κ2) is 4.82. The number of aromatic nitrogens is 2. The van der Waals surface area contributed by atoms with Crippen LogP contribution in [0.4, 0.5) is 10.1 Å². The van der Waals surface area contributed by atoms with Gasteiger partial charge in [0.2, 0.25) is 0 Å². The zero-order chi connectivity index (χ0) is 14.3. The van der Waals surface area contributed by atoms with Crippen LogP contribution < -0.4 is 0 Å². The van der Waals surface area contributed by atoms with Crippen LogP contribution >= 0.6 is 22.6 Å². The molecule has 0 aliphatic carbocycles. The summed E-state index contributed by atoms with van der Waals surface area (Å²) in [6.07, 6.45) is 1.46. The molecule has 1 heterocycles. The van der Waals surface area contributed by atoms with E-state index in [9.17, 15) is 14.5 Å². The third-order valence-corrected chi connectivity index (χ3v) is 3.75. The normalized spacial score (nSPS) is 10.9. The SMILES string of the molecule is O=[N+]([O-])c1cc(I)c(F)cc1-n1cnc2ccccc21. The van der Waals surface area contributed by atoms with Gasteiger partial charge in [-0.05, 0) is 34.7 Å². The van der Waals surface area contributed by atoms with Crippen LogP contribution in [0.25, 0.3) is 16.7 Å². The number of rotatable bonds is 2. The Hall–Kier alpha value is -2.03. The van der Waals surface area contributed by atoms with E-state index in [0.717, 1.165) is 6.07 Å². The van der Waals surface area contributed by atoms with Crippen LogP contribution in [-0.2, 0) is 0 Å². The summed E-state index contributed by atoms with van der Waals surface area (Å²) in [6, 6.07) is 9.58. The summed E-state index contributed by atoms with van der Waals surface area (Å²) in [4.78, 5) is 14.8. The monoisotopic (exact) mass is 383 g/mol. The van der Waals surface area contributed by atoms with Crippen LogP contribution in [0, 0.1) is 19.5 Å². The van der Waals surface area contributed by atoms with E-state index in [0.29, 0.717) is 11.0 Å². The minimum absolute atomic E-state index is 0.154. The van der Waals surface area contributed by atoms with Gasteiger partial charge in [-0.1, -0.05) is 12.1 Å². The zero-order valence-corrected chi connectivity index (χ0v) is 12.1. The van der Waals surface area contributed by atoms with Crippen molar-refractivity contribution >= 4 is 39.3 Å². The maximum Gasteiger partial charge on any atom is 0.294 e. The minimum Gasteiger partial charge on any atom is -0.292 e. The molecule has 0 bridgehead atoms. The summed E-state index contributed by atoms with van der Waals surface area (Å²) in [5.74, 6) is -0.496. The fraction of sp³-hybridized carbons (Fsp3) is 0. The van der Waals surface area contributed by atoms with Crippen molar-refractivity contribution in [2.45, 2.75) is 0 Å². The van der Waals surface area contributed by atoms with E-state index in [-0.39, 0.29) is 14.9 Å². The highest BCUT2D eigenvalue weighted by molar-refractivity contribution is 14.1. The van der Waals surface area contributed by atoms with E-state index in [2.05, 4.69) is 4.98 Å². The molecule has 0 aliphatic rings. The third-order valence-electron chi connectivity index (χ3n) is 2.93. The standard InChI is InChI=1S/C13H7FIN3O2/c14-8-5-12(13(18(19)20)6-9(8)15)17-7-16-10-3-1-2-4-11(10)17/h1-7H. The van der Waals surface area contributed by atoms with Gasteiger partial charge in [0.15, 0.2) is 0 Å².